The highest BCUT2D eigenvalue weighted by molar-refractivity contribution is 7.47. The number of rotatable bonds is 63. The molecular weight excluding hydrogens is 1110 g/mol. The number of hydrogen-bond acceptors (Lipinski definition) is 15. The van der Waals surface area contributed by atoms with Crippen LogP contribution in [0.4, 0.5) is 0 Å². The molecule has 0 saturated heterocycles. The molecule has 0 aromatic rings. The van der Waals surface area contributed by atoms with E-state index in [4.69, 9.17) is 37.0 Å². The molecule has 0 aromatic heterocycles. The van der Waals surface area contributed by atoms with Crippen molar-refractivity contribution >= 4 is 39.5 Å². The summed E-state index contributed by atoms with van der Waals surface area (Å²) in [5.41, 5.74) is 0. The Bertz CT molecular complexity index is 1670. The number of aliphatic hydroxyl groups is 1. The van der Waals surface area contributed by atoms with E-state index in [2.05, 4.69) is 48.5 Å². The van der Waals surface area contributed by atoms with Crippen molar-refractivity contribution in [1.29, 1.82) is 0 Å². The van der Waals surface area contributed by atoms with Crippen molar-refractivity contribution in [1.82, 2.24) is 0 Å². The molecule has 84 heavy (non-hydrogen) atoms. The molecule has 0 aliphatic rings. The minimum absolute atomic E-state index is 0.105. The average Bonchev–Trinajstić information content (AvgIpc) is 3.51. The second-order valence-corrected chi connectivity index (χ2v) is 27.6. The molecule has 0 amide bonds. The van der Waals surface area contributed by atoms with Gasteiger partial charge in [-0.2, -0.15) is 0 Å². The topological polar surface area (TPSA) is 237 Å². The van der Waals surface area contributed by atoms with Gasteiger partial charge in [-0.3, -0.25) is 37.3 Å². The summed E-state index contributed by atoms with van der Waals surface area (Å²) in [5, 5.41) is 10.5. The summed E-state index contributed by atoms with van der Waals surface area (Å²) < 4.78 is 68.0. The van der Waals surface area contributed by atoms with Gasteiger partial charge >= 0.3 is 39.5 Å². The van der Waals surface area contributed by atoms with Crippen LogP contribution in [0.5, 0.6) is 0 Å². The first-order valence-electron chi connectivity index (χ1n) is 33.9. The SMILES string of the molecule is CCCCCCCCCCCCC(=O)O[C@H](COC(=O)CCCCCCCCC(C)C)COP(=O)(O)OC[C@H](O)COP(=O)(O)OC[C@@H](COC(=O)CCCCCCCCCCC(C)CC)OC(=O)CCCCCCCCCCCCC(C)C. The van der Waals surface area contributed by atoms with E-state index < -0.39 is 97.5 Å². The van der Waals surface area contributed by atoms with E-state index in [1.54, 1.807) is 0 Å². The molecule has 0 aliphatic carbocycles. The van der Waals surface area contributed by atoms with Gasteiger partial charge in [0.15, 0.2) is 12.2 Å². The molecular formula is C65H126O17P2. The summed E-state index contributed by atoms with van der Waals surface area (Å²) in [6.45, 7) is 11.7. The summed E-state index contributed by atoms with van der Waals surface area (Å²) in [6.07, 6.45) is 37.6. The molecule has 0 heterocycles. The van der Waals surface area contributed by atoms with E-state index in [0.29, 0.717) is 31.6 Å². The van der Waals surface area contributed by atoms with Crippen molar-refractivity contribution in [3.63, 3.8) is 0 Å². The van der Waals surface area contributed by atoms with Crippen LogP contribution in [0, 0.1) is 17.8 Å². The third kappa shape index (κ3) is 57.8. The van der Waals surface area contributed by atoms with Crippen LogP contribution in [0.1, 0.15) is 318 Å². The van der Waals surface area contributed by atoms with E-state index in [1.165, 1.54) is 122 Å². The van der Waals surface area contributed by atoms with Crippen LogP contribution in [0.3, 0.4) is 0 Å². The summed E-state index contributed by atoms with van der Waals surface area (Å²) in [4.78, 5) is 72.2. The maximum atomic E-state index is 13.0. The molecule has 0 aliphatic heterocycles. The lowest BCUT2D eigenvalue weighted by Gasteiger charge is -2.21. The fourth-order valence-electron chi connectivity index (χ4n) is 9.62. The van der Waals surface area contributed by atoms with Gasteiger partial charge in [-0.1, -0.05) is 267 Å². The van der Waals surface area contributed by atoms with Crippen LogP contribution < -0.4 is 0 Å². The number of carbonyl (C=O) groups is 4. The first-order valence-corrected chi connectivity index (χ1v) is 36.9. The zero-order valence-corrected chi connectivity index (χ0v) is 56.1. The second kappa shape index (κ2) is 56.3. The summed E-state index contributed by atoms with van der Waals surface area (Å²) in [5.74, 6) is 0.0735. The molecule has 0 fully saturated rings. The molecule has 0 rings (SSSR count). The number of hydrogen-bond donors (Lipinski definition) is 3. The fourth-order valence-corrected chi connectivity index (χ4v) is 11.2. The van der Waals surface area contributed by atoms with Gasteiger partial charge < -0.3 is 33.8 Å². The molecule has 19 heteroatoms. The van der Waals surface area contributed by atoms with E-state index >= 15 is 0 Å². The summed E-state index contributed by atoms with van der Waals surface area (Å²) in [6, 6.07) is 0. The highest BCUT2D eigenvalue weighted by Crippen LogP contribution is 2.45. The number of ether oxygens (including phenoxy) is 4. The minimum atomic E-state index is -4.95. The van der Waals surface area contributed by atoms with Crippen molar-refractivity contribution in [3.05, 3.63) is 0 Å². The first-order chi connectivity index (χ1) is 40.3. The Morgan fingerprint density at radius 2 is 0.607 bits per heavy atom. The smallest absolute Gasteiger partial charge is 0.462 e. The van der Waals surface area contributed by atoms with Gasteiger partial charge in [-0.15, -0.1) is 0 Å². The predicted molar refractivity (Wildman–Crippen MR) is 335 cm³/mol. The molecule has 498 valence electrons. The number of esters is 4. The van der Waals surface area contributed by atoms with Crippen LogP contribution in [0.15, 0.2) is 0 Å². The lowest BCUT2D eigenvalue weighted by Crippen LogP contribution is -2.30. The number of unbranched alkanes of at least 4 members (excludes halogenated alkanes) is 30. The van der Waals surface area contributed by atoms with Crippen LogP contribution in [0.25, 0.3) is 0 Å². The number of carbonyl (C=O) groups excluding carboxylic acids is 4. The Labute approximate surface area is 511 Å². The third-order valence-corrected chi connectivity index (χ3v) is 17.1. The standard InChI is InChI=1S/C65H126O17P2/c1-8-10-11-12-13-14-18-25-34-41-48-64(69)82-61(53-76-63(68)47-40-33-28-27-30-37-44-57(5)6)55-80-84(73,74)78-51-59(66)50-77-83(71,72)79-54-60(52-75-62(67)46-39-32-24-21-20-23-31-38-45-58(7)9-2)81-65(70)49-42-35-26-19-16-15-17-22-29-36-43-56(3)4/h56-61,66H,8-55H2,1-7H3,(H,71,72)(H,73,74)/t58?,59-,60-,61-/m1/s1. The highest BCUT2D eigenvalue weighted by Gasteiger charge is 2.30. The maximum Gasteiger partial charge on any atom is 0.472 e. The molecule has 0 saturated carbocycles. The van der Waals surface area contributed by atoms with Gasteiger partial charge in [-0.25, -0.2) is 9.13 Å². The monoisotopic (exact) mass is 1240 g/mol. The predicted octanol–water partition coefficient (Wildman–Crippen LogP) is 17.9. The third-order valence-electron chi connectivity index (χ3n) is 15.2. The molecule has 0 bridgehead atoms. The molecule has 3 unspecified atom stereocenters. The second-order valence-electron chi connectivity index (χ2n) is 24.7. The Morgan fingerprint density at radius 3 is 0.905 bits per heavy atom. The molecule has 3 N–H and O–H groups in total. The van der Waals surface area contributed by atoms with Crippen molar-refractivity contribution in [2.75, 3.05) is 39.6 Å². The van der Waals surface area contributed by atoms with Crippen LogP contribution >= 0.6 is 15.6 Å². The van der Waals surface area contributed by atoms with Crippen molar-refractivity contribution in [3.8, 4) is 0 Å². The number of aliphatic hydroxyl groups excluding tert-OH is 1. The van der Waals surface area contributed by atoms with Crippen LogP contribution in [-0.2, 0) is 65.4 Å². The zero-order chi connectivity index (χ0) is 62.4. The van der Waals surface area contributed by atoms with Gasteiger partial charge in [0, 0.05) is 25.7 Å². The Kier molecular flexibility index (Phi) is 55.0. The van der Waals surface area contributed by atoms with Crippen LogP contribution in [-0.4, -0.2) is 96.7 Å². The largest absolute Gasteiger partial charge is 0.472 e. The van der Waals surface area contributed by atoms with E-state index in [9.17, 15) is 43.2 Å². The van der Waals surface area contributed by atoms with Gasteiger partial charge in [0.25, 0.3) is 0 Å². The molecule has 0 aromatic carbocycles. The van der Waals surface area contributed by atoms with E-state index in [0.717, 1.165) is 108 Å². The summed E-state index contributed by atoms with van der Waals surface area (Å²) in [7, 11) is -9.89. The number of phosphoric ester groups is 2. The average molecular weight is 1240 g/mol. The Balaban J connectivity index is 5.25. The van der Waals surface area contributed by atoms with E-state index in [-0.39, 0.29) is 25.7 Å². The van der Waals surface area contributed by atoms with Crippen LogP contribution in [0.2, 0.25) is 0 Å². The molecule has 17 nitrogen and oxygen atoms in total. The molecule has 0 spiro atoms. The zero-order valence-electron chi connectivity index (χ0n) is 54.4. The van der Waals surface area contributed by atoms with Crippen molar-refractivity contribution in [2.24, 2.45) is 17.8 Å². The Morgan fingerprint density at radius 1 is 0.345 bits per heavy atom. The van der Waals surface area contributed by atoms with Gasteiger partial charge in [0.2, 0.25) is 0 Å². The lowest BCUT2D eigenvalue weighted by atomic mass is 9.99. The van der Waals surface area contributed by atoms with Gasteiger partial charge in [-0.05, 0) is 43.4 Å². The minimum Gasteiger partial charge on any atom is -0.462 e. The number of phosphoric acid groups is 2. The van der Waals surface area contributed by atoms with Gasteiger partial charge in [0.1, 0.15) is 19.3 Å². The maximum absolute atomic E-state index is 13.0. The van der Waals surface area contributed by atoms with Crippen molar-refractivity contribution in [2.45, 2.75) is 336 Å². The first kappa shape index (κ1) is 82.1. The summed E-state index contributed by atoms with van der Waals surface area (Å²) >= 11 is 0. The molecule has 0 radical (unpaired) electrons. The normalized spacial score (nSPS) is 14.7. The highest BCUT2D eigenvalue weighted by atomic mass is 31.2. The fraction of sp³-hybridized carbons (Fsp3) is 0.938. The quantitative estimate of drug-likeness (QED) is 0.0222. The van der Waals surface area contributed by atoms with E-state index in [1.807, 2.05) is 0 Å². The van der Waals surface area contributed by atoms with Gasteiger partial charge in [0.05, 0.1) is 26.4 Å². The van der Waals surface area contributed by atoms with Crippen molar-refractivity contribution < 1.29 is 80.2 Å². The lowest BCUT2D eigenvalue weighted by molar-refractivity contribution is -0.161. The Hall–Kier alpha value is -1.94. The molecule has 6 atom stereocenters.